The first-order chi connectivity index (χ1) is 10.8. The van der Waals surface area contributed by atoms with Crippen molar-refractivity contribution >= 4 is 39.1 Å². The van der Waals surface area contributed by atoms with Crippen LogP contribution in [0.5, 0.6) is 0 Å². The van der Waals surface area contributed by atoms with Crippen molar-refractivity contribution in [3.8, 4) is 0 Å². The zero-order chi connectivity index (χ0) is 17.0. The second kappa shape index (κ2) is 7.31. The highest BCUT2D eigenvalue weighted by atomic mass is 35.5. The number of carbonyl (C=O) groups excluding carboxylic acids is 1. The minimum atomic E-state index is -3.47. The van der Waals surface area contributed by atoms with Crippen LogP contribution in [-0.2, 0) is 16.6 Å². The fraction of sp³-hybridized carbons (Fsp3) is 0.133. The average Bonchev–Trinajstić information content (AvgIpc) is 2.53. The van der Waals surface area contributed by atoms with Crippen LogP contribution in [0.1, 0.15) is 15.9 Å². The Bertz CT molecular complexity index is 821. The molecule has 0 bridgehead atoms. The van der Waals surface area contributed by atoms with E-state index in [1.165, 1.54) is 25.2 Å². The van der Waals surface area contributed by atoms with Gasteiger partial charge in [-0.05, 0) is 42.9 Å². The molecule has 5 nitrogen and oxygen atoms in total. The van der Waals surface area contributed by atoms with E-state index in [0.717, 1.165) is 5.56 Å². The molecule has 0 radical (unpaired) electrons. The Kier molecular flexibility index (Phi) is 5.64. The van der Waals surface area contributed by atoms with Crippen LogP contribution >= 0.6 is 23.2 Å². The number of carbonyl (C=O) groups is 1. The normalized spacial score (nSPS) is 11.3. The molecule has 0 aliphatic carbocycles. The van der Waals surface area contributed by atoms with Gasteiger partial charge >= 0.3 is 0 Å². The van der Waals surface area contributed by atoms with E-state index in [2.05, 4.69) is 10.0 Å². The molecule has 122 valence electrons. The summed E-state index contributed by atoms with van der Waals surface area (Å²) in [6.07, 6.45) is 0. The summed E-state index contributed by atoms with van der Waals surface area (Å²) in [7, 11) is -2.12. The fourth-order valence-corrected chi connectivity index (χ4v) is 3.08. The molecule has 0 aliphatic rings. The van der Waals surface area contributed by atoms with Crippen molar-refractivity contribution in [2.75, 3.05) is 7.05 Å². The van der Waals surface area contributed by atoms with E-state index in [0.29, 0.717) is 10.6 Å². The lowest BCUT2D eigenvalue weighted by Crippen LogP contribution is -2.23. The van der Waals surface area contributed by atoms with Crippen LogP contribution in [0.4, 0.5) is 0 Å². The molecule has 0 unspecified atom stereocenters. The summed E-state index contributed by atoms with van der Waals surface area (Å²) < 4.78 is 25.5. The Hall–Kier alpha value is -1.60. The van der Waals surface area contributed by atoms with E-state index >= 15 is 0 Å². The summed E-state index contributed by atoms with van der Waals surface area (Å²) in [5.74, 6) is -0.335. The molecule has 0 saturated heterocycles. The highest BCUT2D eigenvalue weighted by molar-refractivity contribution is 7.89. The fourth-order valence-electron chi connectivity index (χ4n) is 1.86. The molecule has 2 N–H and O–H groups in total. The highest BCUT2D eigenvalue weighted by Gasteiger charge is 2.12. The summed E-state index contributed by atoms with van der Waals surface area (Å²) in [6.45, 7) is 0.248. The molecule has 0 spiro atoms. The third kappa shape index (κ3) is 4.45. The van der Waals surface area contributed by atoms with Gasteiger partial charge in [-0.25, -0.2) is 13.1 Å². The number of hydrogen-bond donors (Lipinski definition) is 2. The number of amides is 1. The van der Waals surface area contributed by atoms with Crippen molar-refractivity contribution in [3.05, 3.63) is 63.6 Å². The summed E-state index contributed by atoms with van der Waals surface area (Å²) in [5, 5.41) is 3.44. The van der Waals surface area contributed by atoms with E-state index in [4.69, 9.17) is 23.2 Å². The Balaban J connectivity index is 2.05. The van der Waals surface area contributed by atoms with Crippen LogP contribution in [0, 0.1) is 0 Å². The van der Waals surface area contributed by atoms with Gasteiger partial charge in [-0.15, -0.1) is 0 Å². The third-order valence-corrected chi connectivity index (χ3v) is 5.11. The SMILES string of the molecule is CNS(=O)(=O)c1ccc(CNC(=O)c2ccc(Cl)cc2Cl)cc1. The van der Waals surface area contributed by atoms with Gasteiger partial charge in [0.05, 0.1) is 15.5 Å². The van der Waals surface area contributed by atoms with Crippen molar-refractivity contribution < 1.29 is 13.2 Å². The molecule has 2 rings (SSSR count). The van der Waals surface area contributed by atoms with E-state index in [9.17, 15) is 13.2 Å². The molecule has 0 atom stereocenters. The van der Waals surface area contributed by atoms with Gasteiger partial charge in [-0.2, -0.15) is 0 Å². The third-order valence-electron chi connectivity index (χ3n) is 3.13. The number of halogens is 2. The first kappa shape index (κ1) is 17.7. The molecular formula is C15H14Cl2N2O3S. The van der Waals surface area contributed by atoms with Gasteiger partial charge in [-0.3, -0.25) is 4.79 Å². The molecule has 0 fully saturated rings. The Morgan fingerprint density at radius 2 is 1.74 bits per heavy atom. The number of nitrogens with one attached hydrogen (secondary N) is 2. The quantitative estimate of drug-likeness (QED) is 0.846. The first-order valence-electron chi connectivity index (χ1n) is 6.59. The smallest absolute Gasteiger partial charge is 0.253 e. The Morgan fingerprint density at radius 1 is 1.09 bits per heavy atom. The van der Waals surface area contributed by atoms with E-state index in [-0.39, 0.29) is 22.4 Å². The van der Waals surface area contributed by atoms with Crippen molar-refractivity contribution in [2.24, 2.45) is 0 Å². The van der Waals surface area contributed by atoms with Crippen molar-refractivity contribution in [3.63, 3.8) is 0 Å². The minimum absolute atomic E-state index is 0.163. The minimum Gasteiger partial charge on any atom is -0.348 e. The largest absolute Gasteiger partial charge is 0.348 e. The van der Waals surface area contributed by atoms with Gasteiger partial charge in [0.1, 0.15) is 0 Å². The predicted octanol–water partition coefficient (Wildman–Crippen LogP) is 2.83. The molecule has 2 aromatic rings. The second-order valence-electron chi connectivity index (χ2n) is 4.66. The Labute approximate surface area is 144 Å². The molecular weight excluding hydrogens is 359 g/mol. The van der Waals surface area contributed by atoms with Crippen LogP contribution in [0.25, 0.3) is 0 Å². The molecule has 0 saturated carbocycles. The van der Waals surface area contributed by atoms with E-state index in [1.807, 2.05) is 0 Å². The number of rotatable bonds is 5. The maximum atomic E-state index is 12.1. The number of sulfonamides is 1. The standard InChI is InChI=1S/C15H14Cl2N2O3S/c1-18-23(21,22)12-5-2-10(3-6-12)9-19-15(20)13-7-4-11(16)8-14(13)17/h2-8,18H,9H2,1H3,(H,19,20). The lowest BCUT2D eigenvalue weighted by atomic mass is 10.2. The lowest BCUT2D eigenvalue weighted by molar-refractivity contribution is 0.0951. The molecule has 1 amide bonds. The van der Waals surface area contributed by atoms with Crippen molar-refractivity contribution in [1.82, 2.24) is 10.0 Å². The van der Waals surface area contributed by atoms with Gasteiger partial charge in [0.25, 0.3) is 5.91 Å². The van der Waals surface area contributed by atoms with E-state index < -0.39 is 10.0 Å². The summed E-state index contributed by atoms with van der Waals surface area (Å²) >= 11 is 11.8. The monoisotopic (exact) mass is 372 g/mol. The van der Waals surface area contributed by atoms with Crippen LogP contribution in [0.15, 0.2) is 47.4 Å². The van der Waals surface area contributed by atoms with Crippen molar-refractivity contribution in [2.45, 2.75) is 11.4 Å². The number of hydrogen-bond acceptors (Lipinski definition) is 3. The zero-order valence-electron chi connectivity index (χ0n) is 12.1. The zero-order valence-corrected chi connectivity index (χ0v) is 14.5. The summed E-state index contributed by atoms with van der Waals surface area (Å²) in [5.41, 5.74) is 1.09. The molecule has 0 heterocycles. The molecule has 0 aromatic heterocycles. The average molecular weight is 373 g/mol. The van der Waals surface area contributed by atoms with Crippen molar-refractivity contribution in [1.29, 1.82) is 0 Å². The molecule has 23 heavy (non-hydrogen) atoms. The van der Waals surface area contributed by atoms with Gasteiger partial charge < -0.3 is 5.32 Å². The maximum Gasteiger partial charge on any atom is 0.253 e. The maximum absolute atomic E-state index is 12.1. The molecule has 0 aliphatic heterocycles. The van der Waals surface area contributed by atoms with Crippen LogP contribution in [0.3, 0.4) is 0 Å². The van der Waals surface area contributed by atoms with Gasteiger partial charge in [0, 0.05) is 11.6 Å². The topological polar surface area (TPSA) is 75.3 Å². The Morgan fingerprint density at radius 3 is 2.30 bits per heavy atom. The molecule has 2 aromatic carbocycles. The lowest BCUT2D eigenvalue weighted by Gasteiger charge is -2.08. The van der Waals surface area contributed by atoms with Gasteiger partial charge in [0.15, 0.2) is 0 Å². The van der Waals surface area contributed by atoms with Gasteiger partial charge in [-0.1, -0.05) is 35.3 Å². The summed E-state index contributed by atoms with van der Waals surface area (Å²) in [6, 6.07) is 10.8. The van der Waals surface area contributed by atoms with Crippen LogP contribution in [0.2, 0.25) is 10.0 Å². The highest BCUT2D eigenvalue weighted by Crippen LogP contribution is 2.21. The summed E-state index contributed by atoms with van der Waals surface area (Å²) in [4.78, 5) is 12.2. The predicted molar refractivity (Wildman–Crippen MR) is 90.3 cm³/mol. The first-order valence-corrected chi connectivity index (χ1v) is 8.83. The number of benzene rings is 2. The van der Waals surface area contributed by atoms with Crippen LogP contribution in [-0.4, -0.2) is 21.4 Å². The van der Waals surface area contributed by atoms with Gasteiger partial charge in [0.2, 0.25) is 10.0 Å². The van der Waals surface area contributed by atoms with E-state index in [1.54, 1.807) is 24.3 Å². The molecule has 8 heteroatoms. The van der Waals surface area contributed by atoms with Crippen LogP contribution < -0.4 is 10.0 Å². The second-order valence-corrected chi connectivity index (χ2v) is 7.39.